The van der Waals surface area contributed by atoms with Gasteiger partial charge in [-0.3, -0.25) is 0 Å². The number of nitrogens with zero attached hydrogens (tertiary/aromatic N) is 2. The first-order chi connectivity index (χ1) is 11.3. The molecule has 2 aromatic rings. The Kier molecular flexibility index (Phi) is 5.24. The van der Waals surface area contributed by atoms with Gasteiger partial charge in [-0.2, -0.15) is 0 Å². The van der Waals surface area contributed by atoms with Gasteiger partial charge < -0.3 is 15.1 Å². The van der Waals surface area contributed by atoms with Gasteiger partial charge in [-0.05, 0) is 11.6 Å². The molecule has 0 aliphatic rings. The van der Waals surface area contributed by atoms with Gasteiger partial charge in [0.1, 0.15) is 11.4 Å². The van der Waals surface area contributed by atoms with E-state index in [2.05, 4.69) is 4.98 Å². The summed E-state index contributed by atoms with van der Waals surface area (Å²) < 4.78 is 0. The van der Waals surface area contributed by atoms with Crippen molar-refractivity contribution >= 4 is 11.8 Å². The molecule has 0 amide bonds. The molecular weight excluding hydrogens is 304 g/mol. The van der Waals surface area contributed by atoms with Crippen LogP contribution < -0.4 is 4.90 Å². The van der Waals surface area contributed by atoms with E-state index in [4.69, 9.17) is 0 Å². The Morgan fingerprint density at radius 2 is 1.83 bits per heavy atom. The quantitative estimate of drug-likeness (QED) is 0.882. The van der Waals surface area contributed by atoms with Crippen molar-refractivity contribution in [1.82, 2.24) is 4.98 Å². The minimum absolute atomic E-state index is 0.0718. The Labute approximate surface area is 142 Å². The van der Waals surface area contributed by atoms with Crippen molar-refractivity contribution in [2.24, 2.45) is 0 Å². The number of aromatic carboxylic acids is 1. The molecule has 0 atom stereocenters. The number of aromatic nitrogens is 1. The van der Waals surface area contributed by atoms with Crippen molar-refractivity contribution < 1.29 is 15.0 Å². The van der Waals surface area contributed by atoms with Gasteiger partial charge in [-0.15, -0.1) is 0 Å². The second kappa shape index (κ2) is 7.01. The number of rotatable bonds is 5. The number of pyridine rings is 1. The van der Waals surface area contributed by atoms with Crippen molar-refractivity contribution in [3.05, 3.63) is 47.7 Å². The highest BCUT2D eigenvalue weighted by atomic mass is 16.4. The summed E-state index contributed by atoms with van der Waals surface area (Å²) in [6.45, 7) is 6.37. The van der Waals surface area contributed by atoms with Crippen LogP contribution in [0.5, 0.6) is 0 Å². The summed E-state index contributed by atoms with van der Waals surface area (Å²) >= 11 is 0. The normalized spacial score (nSPS) is 11.4. The van der Waals surface area contributed by atoms with Crippen LogP contribution in [-0.4, -0.2) is 41.4 Å². The SMILES string of the molecule is CN(CCO)c1nc(C(C)(C)C)cc(-c2ccccc2)c1C(=O)O. The van der Waals surface area contributed by atoms with E-state index >= 15 is 0 Å². The van der Waals surface area contributed by atoms with E-state index in [1.165, 1.54) is 0 Å². The predicted molar refractivity (Wildman–Crippen MR) is 95.7 cm³/mol. The fourth-order valence-electron chi connectivity index (χ4n) is 2.50. The minimum Gasteiger partial charge on any atom is -0.478 e. The fraction of sp³-hybridized carbons (Fsp3) is 0.368. The number of likely N-dealkylation sites (N-methyl/N-ethyl adjacent to an activating group) is 1. The highest BCUT2D eigenvalue weighted by molar-refractivity contribution is 6.01. The maximum atomic E-state index is 12.0. The van der Waals surface area contributed by atoms with Crippen LogP contribution in [0.25, 0.3) is 11.1 Å². The maximum absolute atomic E-state index is 12.0. The molecule has 0 spiro atoms. The number of benzene rings is 1. The number of aliphatic hydroxyl groups is 1. The zero-order chi connectivity index (χ0) is 17.9. The summed E-state index contributed by atoms with van der Waals surface area (Å²) in [6, 6.07) is 11.3. The van der Waals surface area contributed by atoms with Crippen LogP contribution in [-0.2, 0) is 5.41 Å². The molecule has 0 radical (unpaired) electrons. The first-order valence-electron chi connectivity index (χ1n) is 7.92. The summed E-state index contributed by atoms with van der Waals surface area (Å²) in [7, 11) is 1.74. The number of anilines is 1. The van der Waals surface area contributed by atoms with Gasteiger partial charge in [0.15, 0.2) is 0 Å². The van der Waals surface area contributed by atoms with E-state index < -0.39 is 5.97 Å². The first-order valence-corrected chi connectivity index (χ1v) is 7.92. The second-order valence-corrected chi connectivity index (χ2v) is 6.82. The lowest BCUT2D eigenvalue weighted by atomic mass is 9.88. The summed E-state index contributed by atoms with van der Waals surface area (Å²) in [5, 5.41) is 19.0. The molecule has 5 heteroatoms. The van der Waals surface area contributed by atoms with E-state index in [1.54, 1.807) is 11.9 Å². The standard InChI is InChI=1S/C19H24N2O3/c1-19(2,3)15-12-14(13-8-6-5-7-9-13)16(18(23)24)17(20-15)21(4)10-11-22/h5-9,12,22H,10-11H2,1-4H3,(H,23,24). The molecule has 1 aromatic carbocycles. The van der Waals surface area contributed by atoms with Gasteiger partial charge in [-0.1, -0.05) is 51.1 Å². The molecule has 24 heavy (non-hydrogen) atoms. The number of hydrogen-bond donors (Lipinski definition) is 2. The molecule has 0 unspecified atom stereocenters. The number of carboxylic acids is 1. The molecule has 0 bridgehead atoms. The molecule has 0 fully saturated rings. The summed E-state index contributed by atoms with van der Waals surface area (Å²) in [5.74, 6) is -0.649. The van der Waals surface area contributed by atoms with E-state index in [0.29, 0.717) is 17.9 Å². The summed E-state index contributed by atoms with van der Waals surface area (Å²) in [6.07, 6.45) is 0. The predicted octanol–water partition coefficient (Wildman–Crippen LogP) is 3.17. The van der Waals surface area contributed by atoms with Gasteiger partial charge in [-0.25, -0.2) is 9.78 Å². The monoisotopic (exact) mass is 328 g/mol. The number of aliphatic hydroxyl groups excluding tert-OH is 1. The van der Waals surface area contributed by atoms with E-state index in [0.717, 1.165) is 11.3 Å². The first kappa shape index (κ1) is 17.9. The van der Waals surface area contributed by atoms with E-state index in [1.807, 2.05) is 57.2 Å². The largest absolute Gasteiger partial charge is 0.478 e. The average molecular weight is 328 g/mol. The third kappa shape index (κ3) is 3.74. The average Bonchev–Trinajstić information content (AvgIpc) is 2.53. The fourth-order valence-corrected chi connectivity index (χ4v) is 2.50. The van der Waals surface area contributed by atoms with Crippen LogP contribution in [0.15, 0.2) is 36.4 Å². The van der Waals surface area contributed by atoms with E-state index in [-0.39, 0.29) is 17.6 Å². The van der Waals surface area contributed by atoms with E-state index in [9.17, 15) is 15.0 Å². The van der Waals surface area contributed by atoms with Crippen molar-refractivity contribution in [1.29, 1.82) is 0 Å². The third-order valence-corrected chi connectivity index (χ3v) is 3.86. The van der Waals surface area contributed by atoms with Crippen molar-refractivity contribution in [3.8, 4) is 11.1 Å². The van der Waals surface area contributed by atoms with Crippen LogP contribution in [0.3, 0.4) is 0 Å². The molecule has 5 nitrogen and oxygen atoms in total. The Bertz CT molecular complexity index is 721. The van der Waals surface area contributed by atoms with Gasteiger partial charge >= 0.3 is 5.97 Å². The third-order valence-electron chi connectivity index (χ3n) is 3.86. The molecular formula is C19H24N2O3. The van der Waals surface area contributed by atoms with Gasteiger partial charge in [0.25, 0.3) is 0 Å². The van der Waals surface area contributed by atoms with Crippen LogP contribution in [0.2, 0.25) is 0 Å². The van der Waals surface area contributed by atoms with Gasteiger partial charge in [0, 0.05) is 30.3 Å². The molecule has 2 rings (SSSR count). The van der Waals surface area contributed by atoms with Crippen LogP contribution >= 0.6 is 0 Å². The highest BCUT2D eigenvalue weighted by Crippen LogP contribution is 2.34. The Hall–Kier alpha value is -2.40. The van der Waals surface area contributed by atoms with Crippen molar-refractivity contribution in [2.45, 2.75) is 26.2 Å². The zero-order valence-corrected chi connectivity index (χ0v) is 14.6. The van der Waals surface area contributed by atoms with Gasteiger partial charge in [0.05, 0.1) is 6.61 Å². The molecule has 0 saturated heterocycles. The summed E-state index contributed by atoms with van der Waals surface area (Å²) in [4.78, 5) is 18.2. The molecule has 0 aliphatic heterocycles. The van der Waals surface area contributed by atoms with Crippen molar-refractivity contribution in [2.75, 3.05) is 25.1 Å². The topological polar surface area (TPSA) is 73.7 Å². The molecule has 1 aromatic heterocycles. The highest BCUT2D eigenvalue weighted by Gasteiger charge is 2.26. The van der Waals surface area contributed by atoms with Crippen LogP contribution in [0.4, 0.5) is 5.82 Å². The Morgan fingerprint density at radius 1 is 1.21 bits per heavy atom. The number of carbonyl (C=O) groups is 1. The van der Waals surface area contributed by atoms with Crippen molar-refractivity contribution in [3.63, 3.8) is 0 Å². The second-order valence-electron chi connectivity index (χ2n) is 6.82. The molecule has 0 saturated carbocycles. The lowest BCUT2D eigenvalue weighted by molar-refractivity contribution is 0.0698. The lowest BCUT2D eigenvalue weighted by Crippen LogP contribution is -2.27. The minimum atomic E-state index is -1.03. The Morgan fingerprint density at radius 3 is 2.33 bits per heavy atom. The molecule has 2 N–H and O–H groups in total. The maximum Gasteiger partial charge on any atom is 0.340 e. The van der Waals surface area contributed by atoms with Crippen LogP contribution in [0, 0.1) is 0 Å². The van der Waals surface area contributed by atoms with Gasteiger partial charge in [0.2, 0.25) is 0 Å². The lowest BCUT2D eigenvalue weighted by Gasteiger charge is -2.26. The smallest absolute Gasteiger partial charge is 0.340 e. The number of carboxylic acid groups (broad SMARTS) is 1. The van der Waals surface area contributed by atoms with Crippen LogP contribution in [0.1, 0.15) is 36.8 Å². The zero-order valence-electron chi connectivity index (χ0n) is 14.6. The molecule has 1 heterocycles. The Balaban J connectivity index is 2.80. The molecule has 128 valence electrons. The summed E-state index contributed by atoms with van der Waals surface area (Å²) in [5.41, 5.74) is 2.22. The molecule has 0 aliphatic carbocycles. The number of hydrogen-bond acceptors (Lipinski definition) is 4.